The Morgan fingerprint density at radius 1 is 1.08 bits per heavy atom. The van der Waals surface area contributed by atoms with Gasteiger partial charge >= 0.3 is 5.97 Å². The molecular formula is C20H14O3S. The first-order valence-electron chi connectivity index (χ1n) is 7.50. The van der Waals surface area contributed by atoms with Crippen molar-refractivity contribution in [1.82, 2.24) is 0 Å². The third-order valence-electron chi connectivity index (χ3n) is 3.90. The van der Waals surface area contributed by atoms with Crippen LogP contribution in [0, 0.1) is 0 Å². The summed E-state index contributed by atoms with van der Waals surface area (Å²) in [5, 5.41) is 4.13. The van der Waals surface area contributed by atoms with Crippen LogP contribution in [-0.2, 0) is 9.53 Å². The van der Waals surface area contributed by atoms with E-state index in [1.807, 2.05) is 60.0 Å². The van der Waals surface area contributed by atoms with Crippen molar-refractivity contribution in [1.29, 1.82) is 0 Å². The van der Waals surface area contributed by atoms with Crippen LogP contribution in [0.3, 0.4) is 0 Å². The molecule has 0 unspecified atom stereocenters. The molecule has 0 atom stereocenters. The van der Waals surface area contributed by atoms with Gasteiger partial charge in [0.15, 0.2) is 0 Å². The summed E-state index contributed by atoms with van der Waals surface area (Å²) < 4.78 is 10.7. The van der Waals surface area contributed by atoms with Gasteiger partial charge < -0.3 is 9.47 Å². The Morgan fingerprint density at radius 3 is 2.71 bits per heavy atom. The maximum absolute atomic E-state index is 12.1. The molecule has 0 aliphatic carbocycles. The topological polar surface area (TPSA) is 35.5 Å². The van der Waals surface area contributed by atoms with Crippen molar-refractivity contribution in [2.24, 2.45) is 0 Å². The Bertz CT molecular complexity index is 981. The van der Waals surface area contributed by atoms with Crippen molar-refractivity contribution in [3.05, 3.63) is 76.0 Å². The SMILES string of the molecule is COc1ccc2cc(C3=C/C(=C/c4cccs4)C(=O)O3)ccc2c1. The Morgan fingerprint density at radius 2 is 1.92 bits per heavy atom. The third kappa shape index (κ3) is 2.72. The lowest BCUT2D eigenvalue weighted by Crippen LogP contribution is -1.96. The Kier molecular flexibility index (Phi) is 3.67. The monoisotopic (exact) mass is 334 g/mol. The number of esters is 1. The molecule has 1 aliphatic rings. The summed E-state index contributed by atoms with van der Waals surface area (Å²) in [6.07, 6.45) is 3.65. The molecule has 0 spiro atoms. The summed E-state index contributed by atoms with van der Waals surface area (Å²) in [5.74, 6) is 1.09. The van der Waals surface area contributed by atoms with Crippen LogP contribution in [0.1, 0.15) is 10.4 Å². The van der Waals surface area contributed by atoms with E-state index in [2.05, 4.69) is 0 Å². The summed E-state index contributed by atoms with van der Waals surface area (Å²) >= 11 is 1.59. The number of hydrogen-bond donors (Lipinski definition) is 0. The lowest BCUT2D eigenvalue weighted by molar-refractivity contribution is -0.130. The van der Waals surface area contributed by atoms with Gasteiger partial charge in [-0.05, 0) is 52.6 Å². The van der Waals surface area contributed by atoms with E-state index in [-0.39, 0.29) is 5.97 Å². The number of methoxy groups -OCH3 is 1. The van der Waals surface area contributed by atoms with Gasteiger partial charge in [0.25, 0.3) is 0 Å². The fraction of sp³-hybridized carbons (Fsp3) is 0.0500. The van der Waals surface area contributed by atoms with Gasteiger partial charge in [-0.3, -0.25) is 0 Å². The van der Waals surface area contributed by atoms with Crippen molar-refractivity contribution in [3.8, 4) is 5.75 Å². The van der Waals surface area contributed by atoms with Crippen LogP contribution >= 0.6 is 11.3 Å². The smallest absolute Gasteiger partial charge is 0.343 e. The fourth-order valence-corrected chi connectivity index (χ4v) is 3.33. The number of fused-ring (bicyclic) bond motifs is 1. The van der Waals surface area contributed by atoms with E-state index in [0.717, 1.165) is 27.0 Å². The normalized spacial score (nSPS) is 15.6. The van der Waals surface area contributed by atoms with Crippen molar-refractivity contribution in [2.45, 2.75) is 0 Å². The molecule has 0 radical (unpaired) electrons. The summed E-state index contributed by atoms with van der Waals surface area (Å²) in [6, 6.07) is 15.8. The second-order valence-corrected chi connectivity index (χ2v) is 6.42. The minimum absolute atomic E-state index is 0.312. The van der Waals surface area contributed by atoms with Crippen molar-refractivity contribution >= 4 is 39.9 Å². The molecule has 0 bridgehead atoms. The van der Waals surface area contributed by atoms with Crippen molar-refractivity contribution < 1.29 is 14.3 Å². The first-order valence-corrected chi connectivity index (χ1v) is 8.38. The zero-order valence-corrected chi connectivity index (χ0v) is 13.8. The third-order valence-corrected chi connectivity index (χ3v) is 4.72. The zero-order valence-electron chi connectivity index (χ0n) is 13.0. The van der Waals surface area contributed by atoms with Gasteiger partial charge in [0.2, 0.25) is 0 Å². The van der Waals surface area contributed by atoms with E-state index in [1.54, 1.807) is 24.5 Å². The molecule has 0 saturated carbocycles. The lowest BCUT2D eigenvalue weighted by Gasteiger charge is -2.06. The van der Waals surface area contributed by atoms with E-state index < -0.39 is 0 Å². The molecule has 0 saturated heterocycles. The van der Waals surface area contributed by atoms with Gasteiger partial charge in [-0.25, -0.2) is 4.79 Å². The first kappa shape index (κ1) is 14.7. The molecular weight excluding hydrogens is 320 g/mol. The molecule has 1 aliphatic heterocycles. The highest BCUT2D eigenvalue weighted by atomic mass is 32.1. The second-order valence-electron chi connectivity index (χ2n) is 5.44. The number of hydrogen-bond acceptors (Lipinski definition) is 4. The van der Waals surface area contributed by atoms with Gasteiger partial charge in [0.05, 0.1) is 12.7 Å². The van der Waals surface area contributed by atoms with Crippen LogP contribution in [0.4, 0.5) is 0 Å². The molecule has 0 amide bonds. The molecule has 0 N–H and O–H groups in total. The predicted octanol–water partition coefficient (Wildman–Crippen LogP) is 4.89. The van der Waals surface area contributed by atoms with Gasteiger partial charge in [-0.2, -0.15) is 0 Å². The number of thiophene rings is 1. The van der Waals surface area contributed by atoms with E-state index in [9.17, 15) is 4.79 Å². The van der Waals surface area contributed by atoms with E-state index in [0.29, 0.717) is 11.3 Å². The van der Waals surface area contributed by atoms with Gasteiger partial charge in [0.1, 0.15) is 11.5 Å². The molecule has 2 heterocycles. The number of benzene rings is 2. The zero-order chi connectivity index (χ0) is 16.5. The predicted molar refractivity (Wildman–Crippen MR) is 96.9 cm³/mol. The molecule has 4 heteroatoms. The van der Waals surface area contributed by atoms with E-state index in [4.69, 9.17) is 9.47 Å². The molecule has 3 aromatic rings. The largest absolute Gasteiger partial charge is 0.497 e. The van der Waals surface area contributed by atoms with E-state index in [1.165, 1.54) is 0 Å². The number of carbonyl (C=O) groups excluding carboxylic acids is 1. The fourth-order valence-electron chi connectivity index (χ4n) is 2.66. The number of carbonyl (C=O) groups is 1. The van der Waals surface area contributed by atoms with Crippen LogP contribution in [0.15, 0.2) is 65.6 Å². The minimum atomic E-state index is -0.312. The summed E-state index contributed by atoms with van der Waals surface area (Å²) in [6.45, 7) is 0. The molecule has 1 aromatic heterocycles. The highest BCUT2D eigenvalue weighted by molar-refractivity contribution is 7.10. The average molecular weight is 334 g/mol. The standard InChI is InChI=1S/C20H14O3S/c1-22-17-7-6-13-9-15(5-4-14(13)10-17)19-12-16(20(21)23-19)11-18-3-2-8-24-18/h2-12H,1H3/b16-11-. The number of cyclic esters (lactones) is 1. The molecule has 118 valence electrons. The summed E-state index contributed by atoms with van der Waals surface area (Å²) in [7, 11) is 1.65. The molecule has 0 fully saturated rings. The molecule has 3 nitrogen and oxygen atoms in total. The molecule has 2 aromatic carbocycles. The maximum atomic E-state index is 12.1. The van der Waals surface area contributed by atoms with Crippen LogP contribution in [0.25, 0.3) is 22.6 Å². The average Bonchev–Trinajstić information content (AvgIpc) is 3.24. The van der Waals surface area contributed by atoms with Crippen molar-refractivity contribution in [3.63, 3.8) is 0 Å². The van der Waals surface area contributed by atoms with Gasteiger partial charge in [-0.15, -0.1) is 11.3 Å². The first-order chi connectivity index (χ1) is 11.7. The lowest BCUT2D eigenvalue weighted by atomic mass is 10.0. The van der Waals surface area contributed by atoms with Gasteiger partial charge in [-0.1, -0.05) is 24.3 Å². The minimum Gasteiger partial charge on any atom is -0.497 e. The molecule has 24 heavy (non-hydrogen) atoms. The summed E-state index contributed by atoms with van der Waals surface area (Å²) in [4.78, 5) is 13.1. The Labute approximate surface area is 143 Å². The van der Waals surface area contributed by atoms with Crippen LogP contribution in [0.2, 0.25) is 0 Å². The van der Waals surface area contributed by atoms with E-state index >= 15 is 0 Å². The molecule has 4 rings (SSSR count). The Balaban J connectivity index is 1.71. The Hall–Kier alpha value is -2.85. The summed E-state index contributed by atoms with van der Waals surface area (Å²) in [5.41, 5.74) is 1.46. The van der Waals surface area contributed by atoms with Gasteiger partial charge in [0, 0.05) is 10.4 Å². The van der Waals surface area contributed by atoms with Crippen LogP contribution < -0.4 is 4.74 Å². The quantitative estimate of drug-likeness (QED) is 0.505. The highest BCUT2D eigenvalue weighted by Crippen LogP contribution is 2.31. The van der Waals surface area contributed by atoms with Crippen LogP contribution in [0.5, 0.6) is 5.75 Å². The van der Waals surface area contributed by atoms with Crippen molar-refractivity contribution in [2.75, 3.05) is 7.11 Å². The highest BCUT2D eigenvalue weighted by Gasteiger charge is 2.22. The number of ether oxygens (including phenoxy) is 2. The number of rotatable bonds is 3. The van der Waals surface area contributed by atoms with Crippen LogP contribution in [-0.4, -0.2) is 13.1 Å². The second kappa shape index (κ2) is 5.98. The maximum Gasteiger partial charge on any atom is 0.343 e.